The highest BCUT2D eigenvalue weighted by atomic mass is 19.3. The molecular formula is C14H17F3N2O3. The van der Waals surface area contributed by atoms with Crippen LogP contribution in [0.25, 0.3) is 0 Å². The normalized spacial score (nSPS) is 15.5. The van der Waals surface area contributed by atoms with Gasteiger partial charge in [0.15, 0.2) is 0 Å². The van der Waals surface area contributed by atoms with Crippen LogP contribution in [-0.2, 0) is 6.54 Å². The molecule has 3 N–H and O–H groups in total. The molecule has 2 amide bonds. The average molecular weight is 318 g/mol. The Balaban J connectivity index is 1.89. The molecule has 1 fully saturated rings. The maximum absolute atomic E-state index is 13.7. The van der Waals surface area contributed by atoms with E-state index in [1.807, 2.05) is 0 Å². The van der Waals surface area contributed by atoms with Gasteiger partial charge in [-0.05, 0) is 25.0 Å². The summed E-state index contributed by atoms with van der Waals surface area (Å²) in [7, 11) is 0. The lowest BCUT2D eigenvalue weighted by molar-refractivity contribution is -0.0506. The molecular weight excluding hydrogens is 301 g/mol. The fourth-order valence-electron chi connectivity index (χ4n) is 1.98. The molecule has 2 rings (SSSR count). The van der Waals surface area contributed by atoms with Crippen LogP contribution in [0.15, 0.2) is 18.2 Å². The van der Waals surface area contributed by atoms with Crippen molar-refractivity contribution in [3.05, 3.63) is 29.6 Å². The number of benzene rings is 1. The van der Waals surface area contributed by atoms with Gasteiger partial charge < -0.3 is 20.5 Å². The van der Waals surface area contributed by atoms with E-state index in [4.69, 9.17) is 5.11 Å². The van der Waals surface area contributed by atoms with Crippen molar-refractivity contribution in [2.24, 2.45) is 5.41 Å². The minimum absolute atomic E-state index is 0.00697. The van der Waals surface area contributed by atoms with E-state index < -0.39 is 18.5 Å². The van der Waals surface area contributed by atoms with Crippen molar-refractivity contribution in [2.45, 2.75) is 26.0 Å². The van der Waals surface area contributed by atoms with Crippen molar-refractivity contribution in [1.82, 2.24) is 10.6 Å². The molecule has 0 aliphatic heterocycles. The van der Waals surface area contributed by atoms with E-state index >= 15 is 0 Å². The standard InChI is InChI=1S/C14H17F3N2O3/c15-10-2-1-3-11(22-12(16)17)9(10)6-18-13(21)19-7-14(8-20)4-5-14/h1-3,12,20H,4-8H2,(H2,18,19,21). The number of rotatable bonds is 7. The molecule has 1 aliphatic carbocycles. The third-order valence-corrected chi connectivity index (χ3v) is 3.63. The number of amides is 2. The van der Waals surface area contributed by atoms with E-state index in [1.165, 1.54) is 12.1 Å². The molecule has 0 saturated heterocycles. The van der Waals surface area contributed by atoms with Crippen molar-refractivity contribution >= 4 is 6.03 Å². The number of alkyl halides is 2. The quantitative estimate of drug-likeness (QED) is 0.720. The molecule has 8 heteroatoms. The molecule has 0 aromatic heterocycles. The molecule has 0 radical (unpaired) electrons. The second-order valence-electron chi connectivity index (χ2n) is 5.29. The van der Waals surface area contributed by atoms with E-state index in [-0.39, 0.29) is 29.9 Å². The third-order valence-electron chi connectivity index (χ3n) is 3.63. The highest BCUT2D eigenvalue weighted by molar-refractivity contribution is 5.74. The minimum atomic E-state index is -3.08. The van der Waals surface area contributed by atoms with Crippen molar-refractivity contribution in [3.8, 4) is 5.75 Å². The summed E-state index contributed by atoms with van der Waals surface area (Å²) in [5.74, 6) is -1.06. The van der Waals surface area contributed by atoms with Gasteiger partial charge in [-0.15, -0.1) is 0 Å². The van der Waals surface area contributed by atoms with E-state index in [9.17, 15) is 18.0 Å². The van der Waals surface area contributed by atoms with Crippen LogP contribution in [0.3, 0.4) is 0 Å². The van der Waals surface area contributed by atoms with Crippen molar-refractivity contribution in [3.63, 3.8) is 0 Å². The first-order valence-electron chi connectivity index (χ1n) is 6.80. The van der Waals surface area contributed by atoms with Crippen LogP contribution in [0.1, 0.15) is 18.4 Å². The first-order chi connectivity index (χ1) is 10.5. The topological polar surface area (TPSA) is 70.6 Å². The summed E-state index contributed by atoms with van der Waals surface area (Å²) in [6, 6.07) is 2.98. The van der Waals surface area contributed by atoms with Crippen molar-refractivity contribution in [1.29, 1.82) is 0 Å². The predicted octanol–water partition coefficient (Wildman–Crippen LogP) is 2.00. The SMILES string of the molecule is O=C(NCc1c(F)cccc1OC(F)F)NCC1(CO)CC1. The smallest absolute Gasteiger partial charge is 0.387 e. The fourth-order valence-corrected chi connectivity index (χ4v) is 1.98. The minimum Gasteiger partial charge on any atom is -0.434 e. The summed E-state index contributed by atoms with van der Waals surface area (Å²) in [5, 5.41) is 14.1. The second kappa shape index (κ2) is 6.87. The van der Waals surface area contributed by atoms with Gasteiger partial charge in [0.1, 0.15) is 11.6 Å². The van der Waals surface area contributed by atoms with Gasteiger partial charge in [-0.2, -0.15) is 8.78 Å². The maximum atomic E-state index is 13.7. The van der Waals surface area contributed by atoms with Crippen LogP contribution in [-0.4, -0.2) is 30.9 Å². The molecule has 0 atom stereocenters. The second-order valence-corrected chi connectivity index (χ2v) is 5.29. The Morgan fingerprint density at radius 1 is 1.36 bits per heavy atom. The summed E-state index contributed by atoms with van der Waals surface area (Å²) in [6.07, 6.45) is 1.67. The number of hydrogen-bond donors (Lipinski definition) is 3. The Hall–Kier alpha value is -1.96. The molecule has 122 valence electrons. The van der Waals surface area contributed by atoms with Gasteiger partial charge in [0.2, 0.25) is 0 Å². The zero-order valence-electron chi connectivity index (χ0n) is 11.7. The summed E-state index contributed by atoms with van der Waals surface area (Å²) >= 11 is 0. The van der Waals surface area contributed by atoms with Crippen LogP contribution in [0.5, 0.6) is 5.75 Å². The van der Waals surface area contributed by atoms with Gasteiger partial charge in [0.25, 0.3) is 0 Å². The van der Waals surface area contributed by atoms with Crippen molar-refractivity contribution in [2.75, 3.05) is 13.2 Å². The Labute approximate surface area is 125 Å². The Morgan fingerprint density at radius 2 is 2.09 bits per heavy atom. The summed E-state index contributed by atoms with van der Waals surface area (Å²) in [4.78, 5) is 11.6. The van der Waals surface area contributed by atoms with Crippen LogP contribution in [0.2, 0.25) is 0 Å². The fraction of sp³-hybridized carbons (Fsp3) is 0.500. The van der Waals surface area contributed by atoms with Crippen molar-refractivity contribution < 1.29 is 27.8 Å². The number of hydrogen-bond acceptors (Lipinski definition) is 3. The first-order valence-corrected chi connectivity index (χ1v) is 6.80. The number of carbonyl (C=O) groups excluding carboxylic acids is 1. The number of halogens is 3. The number of nitrogens with one attached hydrogen (secondary N) is 2. The summed E-state index contributed by atoms with van der Waals surface area (Å²) in [5.41, 5.74) is -0.402. The summed E-state index contributed by atoms with van der Waals surface area (Å²) in [6.45, 7) is -3.05. The Kier molecular flexibility index (Phi) is 5.12. The molecule has 0 spiro atoms. The summed E-state index contributed by atoms with van der Waals surface area (Å²) < 4.78 is 42.4. The lowest BCUT2D eigenvalue weighted by Crippen LogP contribution is -2.39. The molecule has 1 aliphatic rings. The van der Waals surface area contributed by atoms with Gasteiger partial charge in [-0.1, -0.05) is 6.07 Å². The highest BCUT2D eigenvalue weighted by Crippen LogP contribution is 2.44. The van der Waals surface area contributed by atoms with E-state index in [2.05, 4.69) is 15.4 Å². The monoisotopic (exact) mass is 318 g/mol. The molecule has 0 bridgehead atoms. The number of aliphatic hydroxyl groups is 1. The van der Waals surface area contributed by atoms with Crippen LogP contribution < -0.4 is 15.4 Å². The first kappa shape index (κ1) is 16.4. The van der Waals surface area contributed by atoms with Gasteiger partial charge in [-0.3, -0.25) is 0 Å². The van der Waals surface area contributed by atoms with Gasteiger partial charge in [0.05, 0.1) is 13.2 Å². The van der Waals surface area contributed by atoms with Gasteiger partial charge in [0, 0.05) is 17.5 Å². The zero-order valence-corrected chi connectivity index (χ0v) is 11.7. The van der Waals surface area contributed by atoms with Crippen LogP contribution in [0.4, 0.5) is 18.0 Å². The van der Waals surface area contributed by atoms with E-state index in [0.717, 1.165) is 18.9 Å². The predicted molar refractivity (Wildman–Crippen MR) is 72.0 cm³/mol. The van der Waals surface area contributed by atoms with Gasteiger partial charge in [-0.25, -0.2) is 9.18 Å². The van der Waals surface area contributed by atoms with Gasteiger partial charge >= 0.3 is 12.6 Å². The Morgan fingerprint density at radius 3 is 2.68 bits per heavy atom. The van der Waals surface area contributed by atoms with E-state index in [0.29, 0.717) is 6.54 Å². The highest BCUT2D eigenvalue weighted by Gasteiger charge is 2.42. The molecule has 22 heavy (non-hydrogen) atoms. The maximum Gasteiger partial charge on any atom is 0.387 e. The molecule has 5 nitrogen and oxygen atoms in total. The zero-order chi connectivity index (χ0) is 16.2. The number of carbonyl (C=O) groups is 1. The number of urea groups is 1. The average Bonchev–Trinajstić information content (AvgIpc) is 3.24. The third kappa shape index (κ3) is 4.27. The lowest BCUT2D eigenvalue weighted by Gasteiger charge is -2.15. The Bertz CT molecular complexity index is 536. The number of aliphatic hydroxyl groups excluding tert-OH is 1. The lowest BCUT2D eigenvalue weighted by atomic mass is 10.1. The largest absolute Gasteiger partial charge is 0.434 e. The van der Waals surface area contributed by atoms with Crippen LogP contribution in [0, 0.1) is 11.2 Å². The van der Waals surface area contributed by atoms with Crippen LogP contribution >= 0.6 is 0 Å². The molecule has 1 aromatic rings. The number of ether oxygens (including phenoxy) is 1. The molecule has 0 heterocycles. The molecule has 1 aromatic carbocycles. The van der Waals surface area contributed by atoms with E-state index in [1.54, 1.807) is 0 Å². The molecule has 0 unspecified atom stereocenters. The molecule has 1 saturated carbocycles.